The van der Waals surface area contributed by atoms with Gasteiger partial charge >= 0.3 is 0 Å². The number of anilines is 3. The van der Waals surface area contributed by atoms with E-state index in [0.29, 0.717) is 5.92 Å². The summed E-state index contributed by atoms with van der Waals surface area (Å²) in [5.74, 6) is 0.457. The highest BCUT2D eigenvalue weighted by molar-refractivity contribution is 6.16. The van der Waals surface area contributed by atoms with Gasteiger partial charge in [0, 0.05) is 33.4 Å². The lowest BCUT2D eigenvalue weighted by atomic mass is 9.88. The van der Waals surface area contributed by atoms with Crippen LogP contribution in [0.3, 0.4) is 0 Å². The first-order valence-corrected chi connectivity index (χ1v) is 20.7. The normalized spacial score (nSPS) is 14.0. The van der Waals surface area contributed by atoms with Gasteiger partial charge in [-0.25, -0.2) is 0 Å². The highest BCUT2D eigenvalue weighted by atomic mass is 15.1. The number of fused-ring (bicyclic) bond motifs is 6. The summed E-state index contributed by atoms with van der Waals surface area (Å²) < 4.78 is 2.39. The van der Waals surface area contributed by atoms with Gasteiger partial charge < -0.3 is 9.47 Å². The minimum Gasteiger partial charge on any atom is -0.310 e. The second-order valence-corrected chi connectivity index (χ2v) is 15.8. The van der Waals surface area contributed by atoms with Crippen LogP contribution in [0.5, 0.6) is 0 Å². The summed E-state index contributed by atoms with van der Waals surface area (Å²) in [6.45, 7) is 2.33. The third kappa shape index (κ3) is 6.04. The van der Waals surface area contributed by atoms with Gasteiger partial charge in [-0.3, -0.25) is 0 Å². The summed E-state index contributed by atoms with van der Waals surface area (Å²) in [7, 11) is 0. The van der Waals surface area contributed by atoms with Gasteiger partial charge in [0.05, 0.1) is 16.7 Å². The fourth-order valence-corrected chi connectivity index (χ4v) is 9.40. The number of aromatic nitrogens is 1. The molecule has 1 unspecified atom stereocenters. The second-order valence-electron chi connectivity index (χ2n) is 15.8. The van der Waals surface area contributed by atoms with Crippen molar-refractivity contribution in [2.75, 3.05) is 4.90 Å². The van der Waals surface area contributed by atoms with Gasteiger partial charge in [0.15, 0.2) is 0 Å². The third-order valence-corrected chi connectivity index (χ3v) is 12.2. The van der Waals surface area contributed by atoms with E-state index in [1.54, 1.807) is 0 Å². The van der Waals surface area contributed by atoms with Crippen molar-refractivity contribution in [2.24, 2.45) is 5.92 Å². The lowest BCUT2D eigenvalue weighted by Gasteiger charge is -2.29. The van der Waals surface area contributed by atoms with Gasteiger partial charge in [0.2, 0.25) is 0 Å². The first-order valence-electron chi connectivity index (χ1n) is 20.7. The van der Waals surface area contributed by atoms with Gasteiger partial charge in [0.25, 0.3) is 0 Å². The Morgan fingerprint density at radius 3 is 2.03 bits per heavy atom. The second kappa shape index (κ2) is 14.5. The van der Waals surface area contributed by atoms with Gasteiger partial charge in [-0.15, -0.1) is 0 Å². The maximum absolute atomic E-state index is 2.46. The molecule has 0 radical (unpaired) electrons. The molecule has 0 bridgehead atoms. The zero-order valence-corrected chi connectivity index (χ0v) is 33.0. The molecule has 2 nitrogen and oxygen atoms in total. The van der Waals surface area contributed by atoms with Crippen LogP contribution in [0.1, 0.15) is 18.9 Å². The van der Waals surface area contributed by atoms with Crippen molar-refractivity contribution in [2.45, 2.75) is 13.3 Å². The van der Waals surface area contributed by atoms with Crippen molar-refractivity contribution in [1.29, 1.82) is 0 Å². The summed E-state index contributed by atoms with van der Waals surface area (Å²) in [5, 5.41) is 7.53. The molecule has 11 rings (SSSR count). The Balaban J connectivity index is 1.09. The van der Waals surface area contributed by atoms with E-state index in [-0.39, 0.29) is 0 Å². The number of rotatable bonds is 7. The van der Waals surface area contributed by atoms with Crippen LogP contribution in [0.2, 0.25) is 0 Å². The van der Waals surface area contributed by atoms with Crippen LogP contribution in [-0.2, 0) is 0 Å². The van der Waals surface area contributed by atoms with Crippen LogP contribution in [0, 0.1) is 5.92 Å². The minimum atomic E-state index is 0.457. The highest BCUT2D eigenvalue weighted by Crippen LogP contribution is 2.45. The highest BCUT2D eigenvalue weighted by Gasteiger charge is 2.21. The molecule has 0 N–H and O–H groups in total. The maximum Gasteiger partial charge on any atom is 0.0547 e. The summed E-state index contributed by atoms with van der Waals surface area (Å²) in [6.07, 6.45) is 7.82. The summed E-state index contributed by atoms with van der Waals surface area (Å²) in [5.41, 5.74) is 14.4. The average molecular weight is 755 g/mol. The Morgan fingerprint density at radius 1 is 0.475 bits per heavy atom. The van der Waals surface area contributed by atoms with E-state index >= 15 is 0 Å². The summed E-state index contributed by atoms with van der Waals surface area (Å²) in [6, 6.07) is 73.5. The van der Waals surface area contributed by atoms with Crippen LogP contribution >= 0.6 is 0 Å². The maximum atomic E-state index is 2.46. The van der Waals surface area contributed by atoms with E-state index in [1.807, 2.05) is 0 Å². The predicted molar refractivity (Wildman–Crippen MR) is 252 cm³/mol. The molecule has 59 heavy (non-hydrogen) atoms. The molecule has 1 heterocycles. The molecule has 10 aromatic rings. The van der Waals surface area contributed by atoms with Crippen LogP contribution in [0.4, 0.5) is 17.1 Å². The smallest absolute Gasteiger partial charge is 0.0547 e. The average Bonchev–Trinajstić information content (AvgIpc) is 3.64. The summed E-state index contributed by atoms with van der Waals surface area (Å²) in [4.78, 5) is 2.46. The molecule has 2 heteroatoms. The molecule has 0 spiro atoms. The van der Waals surface area contributed by atoms with Crippen LogP contribution < -0.4 is 4.90 Å². The fraction of sp³-hybridized carbons (Fsp3) is 0.0526. The summed E-state index contributed by atoms with van der Waals surface area (Å²) >= 11 is 0. The molecule has 0 amide bonds. The number of allylic oxidation sites excluding steroid dienone is 4. The van der Waals surface area contributed by atoms with Crippen LogP contribution in [-0.4, -0.2) is 4.57 Å². The standard InChI is InChI=1S/C57H42N2/c1-39-16-5-7-24-48(39)43-20-14-23-46(37-43)58(47-34-35-50-44(38-47)33-32-40-17-6-8-25-49(40)50)54-29-11-9-26-51(54)41-18-13-19-42(36-41)52-28-15-31-56-57(52)53-27-10-12-30-55(53)59(56)45-21-3-2-4-22-45/h2-15,17-39H,16H2,1H3. The predicted octanol–water partition coefficient (Wildman–Crippen LogP) is 15.9. The quantitative estimate of drug-likeness (QED) is 0.147. The molecule has 0 fully saturated rings. The first-order chi connectivity index (χ1) is 29.2. The van der Waals surface area contributed by atoms with Crippen molar-refractivity contribution in [1.82, 2.24) is 4.57 Å². The van der Waals surface area contributed by atoms with Gasteiger partial charge in [-0.1, -0.05) is 165 Å². The largest absolute Gasteiger partial charge is 0.310 e. The Labute approximate surface area is 345 Å². The Kier molecular flexibility index (Phi) is 8.56. The zero-order chi connectivity index (χ0) is 39.3. The molecule has 280 valence electrons. The van der Waals surface area contributed by atoms with Gasteiger partial charge in [-0.2, -0.15) is 0 Å². The molecular weight excluding hydrogens is 713 g/mol. The van der Waals surface area contributed by atoms with E-state index in [9.17, 15) is 0 Å². The number of hydrogen-bond donors (Lipinski definition) is 0. The minimum absolute atomic E-state index is 0.457. The lowest BCUT2D eigenvalue weighted by Crippen LogP contribution is -2.12. The topological polar surface area (TPSA) is 8.17 Å². The number of para-hydroxylation sites is 3. The molecular formula is C57H42N2. The molecule has 0 aliphatic heterocycles. The van der Waals surface area contributed by atoms with Gasteiger partial charge in [0.1, 0.15) is 0 Å². The molecule has 0 saturated carbocycles. The first kappa shape index (κ1) is 34.8. The molecule has 1 aliphatic carbocycles. The molecule has 9 aromatic carbocycles. The molecule has 1 atom stereocenters. The van der Waals surface area contributed by atoms with Crippen LogP contribution in [0.25, 0.3) is 76.9 Å². The zero-order valence-electron chi connectivity index (χ0n) is 33.0. The molecule has 1 aliphatic rings. The Hall–Kier alpha value is -7.42. The Morgan fingerprint density at radius 2 is 1.14 bits per heavy atom. The van der Waals surface area contributed by atoms with E-state index in [0.717, 1.165) is 29.2 Å². The molecule has 0 saturated heterocycles. The van der Waals surface area contributed by atoms with Crippen LogP contribution in [0.15, 0.2) is 218 Å². The van der Waals surface area contributed by atoms with E-state index in [4.69, 9.17) is 0 Å². The third-order valence-electron chi connectivity index (χ3n) is 12.2. The number of nitrogens with zero attached hydrogens (tertiary/aromatic N) is 2. The van der Waals surface area contributed by atoms with E-state index in [2.05, 4.69) is 235 Å². The number of benzene rings is 9. The monoisotopic (exact) mass is 754 g/mol. The van der Waals surface area contributed by atoms with Crippen molar-refractivity contribution in [3.8, 4) is 27.9 Å². The van der Waals surface area contributed by atoms with Crippen molar-refractivity contribution in [3.63, 3.8) is 0 Å². The van der Waals surface area contributed by atoms with E-state index < -0.39 is 0 Å². The molecule has 1 aromatic heterocycles. The lowest BCUT2D eigenvalue weighted by molar-refractivity contribution is 0.758. The fourth-order valence-electron chi connectivity index (χ4n) is 9.40. The van der Waals surface area contributed by atoms with Gasteiger partial charge in [-0.05, 0) is 122 Å². The van der Waals surface area contributed by atoms with Crippen molar-refractivity contribution >= 4 is 66.0 Å². The van der Waals surface area contributed by atoms with E-state index in [1.165, 1.54) is 76.7 Å². The van der Waals surface area contributed by atoms with Crippen molar-refractivity contribution in [3.05, 3.63) is 224 Å². The van der Waals surface area contributed by atoms with Crippen molar-refractivity contribution < 1.29 is 0 Å². The number of hydrogen-bond acceptors (Lipinski definition) is 1. The Bertz CT molecular complexity index is 3270. The SMILES string of the molecule is CC1CC=CC=C1c1cccc(N(c2ccc3c(ccc4ccccc43)c2)c2ccccc2-c2cccc(-c3cccc4c3c3ccccc3n4-c3ccccc3)c2)c1.